The van der Waals surface area contributed by atoms with Crippen molar-refractivity contribution < 1.29 is 23.6 Å². The summed E-state index contributed by atoms with van der Waals surface area (Å²) in [5, 5.41) is 15.9. The second-order valence-electron chi connectivity index (χ2n) is 5.28. The third-order valence-electron chi connectivity index (χ3n) is 3.59. The zero-order valence-corrected chi connectivity index (χ0v) is 16.3. The van der Waals surface area contributed by atoms with Gasteiger partial charge >= 0.3 is 5.88 Å². The molecule has 9 nitrogen and oxygen atoms in total. The predicted octanol–water partition coefficient (Wildman–Crippen LogP) is 3.44. The first-order valence-electron chi connectivity index (χ1n) is 7.71. The van der Waals surface area contributed by atoms with E-state index in [9.17, 15) is 14.9 Å². The lowest BCUT2D eigenvalue weighted by atomic mass is 10.2. The Morgan fingerprint density at radius 3 is 2.71 bits per heavy atom. The number of hydrazone groups is 1. The van der Waals surface area contributed by atoms with Gasteiger partial charge in [0.1, 0.15) is 22.2 Å². The molecule has 28 heavy (non-hydrogen) atoms. The minimum atomic E-state index is -0.658. The molecule has 0 atom stereocenters. The van der Waals surface area contributed by atoms with Gasteiger partial charge in [0.25, 0.3) is 5.91 Å². The second kappa shape index (κ2) is 8.23. The van der Waals surface area contributed by atoms with Crippen molar-refractivity contribution in [2.24, 2.45) is 5.10 Å². The van der Waals surface area contributed by atoms with Crippen LogP contribution in [-0.4, -0.2) is 40.6 Å². The highest BCUT2D eigenvalue weighted by atomic mass is 32.2. The van der Waals surface area contributed by atoms with E-state index in [1.807, 2.05) is 0 Å². The highest BCUT2D eigenvalue weighted by Gasteiger charge is 2.32. The van der Waals surface area contributed by atoms with Crippen LogP contribution in [0, 0.1) is 10.1 Å². The molecular weight excluding hydrogens is 406 g/mol. The molecule has 1 aromatic carbocycles. The van der Waals surface area contributed by atoms with Crippen LogP contribution in [0.3, 0.4) is 0 Å². The minimum Gasteiger partial charge on any atom is -0.497 e. The number of carbonyl (C=O) groups excluding carboxylic acids is 1. The third-order valence-corrected chi connectivity index (χ3v) is 4.88. The SMILES string of the molecule is COc1ccc(/C=N/N2C(=O)/C(=C\c3ccc([N+](=O)[O-])o3)SC2=S)c(OC)c1. The fourth-order valence-electron chi connectivity index (χ4n) is 2.25. The van der Waals surface area contributed by atoms with E-state index in [-0.39, 0.29) is 15.0 Å². The van der Waals surface area contributed by atoms with Crippen molar-refractivity contribution in [1.29, 1.82) is 0 Å². The van der Waals surface area contributed by atoms with E-state index in [0.29, 0.717) is 17.1 Å². The lowest BCUT2D eigenvalue weighted by Gasteiger charge is -2.09. The number of furan rings is 1. The largest absolute Gasteiger partial charge is 0.497 e. The van der Waals surface area contributed by atoms with Gasteiger partial charge in [0.2, 0.25) is 0 Å². The maximum Gasteiger partial charge on any atom is 0.433 e. The van der Waals surface area contributed by atoms with Crippen LogP contribution in [-0.2, 0) is 4.79 Å². The molecule has 1 aromatic heterocycles. The molecule has 1 fully saturated rings. The van der Waals surface area contributed by atoms with Crippen molar-refractivity contribution in [1.82, 2.24) is 5.01 Å². The molecule has 1 aliphatic rings. The third kappa shape index (κ3) is 4.05. The maximum atomic E-state index is 12.5. The Kier molecular flexibility index (Phi) is 5.76. The number of carbonyl (C=O) groups is 1. The summed E-state index contributed by atoms with van der Waals surface area (Å²) in [5.74, 6) is 0.444. The highest BCUT2D eigenvalue weighted by Crippen LogP contribution is 2.33. The Labute approximate surface area is 168 Å². The van der Waals surface area contributed by atoms with Gasteiger partial charge in [0, 0.05) is 17.7 Å². The van der Waals surface area contributed by atoms with Crippen molar-refractivity contribution in [3.8, 4) is 11.5 Å². The van der Waals surface area contributed by atoms with Gasteiger partial charge in [-0.2, -0.15) is 10.1 Å². The second-order valence-corrected chi connectivity index (χ2v) is 6.95. The molecule has 0 N–H and O–H groups in total. The first-order valence-corrected chi connectivity index (χ1v) is 8.93. The normalized spacial score (nSPS) is 15.6. The van der Waals surface area contributed by atoms with E-state index >= 15 is 0 Å². The minimum absolute atomic E-state index is 0.174. The summed E-state index contributed by atoms with van der Waals surface area (Å²) in [4.78, 5) is 22.8. The lowest BCUT2D eigenvalue weighted by Crippen LogP contribution is -2.22. The number of thioether (sulfide) groups is 1. The van der Waals surface area contributed by atoms with E-state index in [1.54, 1.807) is 25.3 Å². The van der Waals surface area contributed by atoms with Crippen LogP contribution in [0.25, 0.3) is 6.08 Å². The molecular formula is C17H13N3O6S2. The summed E-state index contributed by atoms with van der Waals surface area (Å²) >= 11 is 6.22. The van der Waals surface area contributed by atoms with Gasteiger partial charge in [-0.05, 0) is 30.4 Å². The quantitative estimate of drug-likeness (QED) is 0.230. The molecule has 0 unspecified atom stereocenters. The van der Waals surface area contributed by atoms with Gasteiger partial charge in [-0.25, -0.2) is 0 Å². The van der Waals surface area contributed by atoms with Crippen LogP contribution in [0.1, 0.15) is 11.3 Å². The predicted molar refractivity (Wildman–Crippen MR) is 108 cm³/mol. The number of hydrogen-bond acceptors (Lipinski definition) is 9. The number of hydrogen-bond donors (Lipinski definition) is 0. The zero-order valence-electron chi connectivity index (χ0n) is 14.6. The molecule has 144 valence electrons. The molecule has 11 heteroatoms. The molecule has 1 saturated heterocycles. The number of thiocarbonyl (C=S) groups is 1. The number of nitrogens with zero attached hydrogens (tertiary/aromatic N) is 3. The van der Waals surface area contributed by atoms with Crippen molar-refractivity contribution >= 4 is 52.4 Å². The van der Waals surface area contributed by atoms with Gasteiger partial charge in [-0.3, -0.25) is 14.9 Å². The van der Waals surface area contributed by atoms with Crippen LogP contribution < -0.4 is 9.47 Å². The van der Waals surface area contributed by atoms with Crippen molar-refractivity contribution in [3.63, 3.8) is 0 Å². The number of ether oxygens (including phenoxy) is 2. The molecule has 3 rings (SSSR count). The monoisotopic (exact) mass is 419 g/mol. The van der Waals surface area contributed by atoms with E-state index in [2.05, 4.69) is 5.10 Å². The summed E-state index contributed by atoms with van der Waals surface area (Å²) in [6.45, 7) is 0. The molecule has 0 radical (unpaired) electrons. The van der Waals surface area contributed by atoms with Gasteiger partial charge in [0.05, 0.1) is 31.4 Å². The van der Waals surface area contributed by atoms with Gasteiger partial charge in [-0.1, -0.05) is 11.8 Å². The van der Waals surface area contributed by atoms with E-state index in [4.69, 9.17) is 26.1 Å². The van der Waals surface area contributed by atoms with Gasteiger partial charge < -0.3 is 13.9 Å². The molecule has 0 saturated carbocycles. The summed E-state index contributed by atoms with van der Waals surface area (Å²) in [6, 6.07) is 7.76. The molecule has 2 aromatic rings. The van der Waals surface area contributed by atoms with Crippen LogP contribution in [0.4, 0.5) is 5.88 Å². The average Bonchev–Trinajstić information content (AvgIpc) is 3.25. The number of methoxy groups -OCH3 is 2. The van der Waals surface area contributed by atoms with E-state index < -0.39 is 16.7 Å². The maximum absolute atomic E-state index is 12.5. The first kappa shape index (κ1) is 19.6. The zero-order chi connectivity index (χ0) is 20.3. The molecule has 2 heterocycles. The smallest absolute Gasteiger partial charge is 0.433 e. The molecule has 0 aliphatic carbocycles. The molecule has 1 aliphatic heterocycles. The summed E-state index contributed by atoms with van der Waals surface area (Å²) < 4.78 is 15.7. The Morgan fingerprint density at radius 2 is 2.07 bits per heavy atom. The summed E-state index contributed by atoms with van der Waals surface area (Å²) in [6.07, 6.45) is 2.83. The van der Waals surface area contributed by atoms with Crippen LogP contribution >= 0.6 is 24.0 Å². The number of amides is 1. The Balaban J connectivity index is 1.81. The first-order chi connectivity index (χ1) is 13.4. The van der Waals surface area contributed by atoms with E-state index in [0.717, 1.165) is 16.8 Å². The Hall–Kier alpha value is -3.18. The van der Waals surface area contributed by atoms with E-state index in [1.165, 1.54) is 31.5 Å². The Morgan fingerprint density at radius 1 is 1.29 bits per heavy atom. The molecule has 0 bridgehead atoms. The summed E-state index contributed by atoms with van der Waals surface area (Å²) in [7, 11) is 3.06. The highest BCUT2D eigenvalue weighted by molar-refractivity contribution is 8.26. The topological polar surface area (TPSA) is 107 Å². The summed E-state index contributed by atoms with van der Waals surface area (Å²) in [5.41, 5.74) is 0.628. The lowest BCUT2D eigenvalue weighted by molar-refractivity contribution is -0.402. The Bertz CT molecular complexity index is 1010. The van der Waals surface area contributed by atoms with Crippen molar-refractivity contribution in [3.05, 3.63) is 56.7 Å². The van der Waals surface area contributed by atoms with Crippen LogP contribution in [0.2, 0.25) is 0 Å². The number of benzene rings is 1. The van der Waals surface area contributed by atoms with Crippen molar-refractivity contribution in [2.75, 3.05) is 14.2 Å². The standard InChI is InChI=1S/C17H13N3O6S2/c1-24-11-4-3-10(13(7-11)25-2)9-18-19-16(21)14(28-17(19)27)8-12-5-6-15(26-12)20(22)23/h3-9H,1-2H3/b14-8+,18-9+. The van der Waals surface area contributed by atoms with Gasteiger partial charge in [0.15, 0.2) is 4.32 Å². The number of nitro groups is 1. The van der Waals surface area contributed by atoms with Gasteiger partial charge in [-0.15, -0.1) is 0 Å². The van der Waals surface area contributed by atoms with Crippen molar-refractivity contribution in [2.45, 2.75) is 0 Å². The van der Waals surface area contributed by atoms with Crippen LogP contribution in [0.5, 0.6) is 11.5 Å². The fraction of sp³-hybridized carbons (Fsp3) is 0.118. The number of rotatable bonds is 6. The van der Waals surface area contributed by atoms with Crippen LogP contribution in [0.15, 0.2) is 44.8 Å². The fourth-order valence-corrected chi connectivity index (χ4v) is 3.40. The molecule has 1 amide bonds. The average molecular weight is 419 g/mol. The molecule has 0 spiro atoms.